The van der Waals surface area contributed by atoms with Crippen molar-refractivity contribution in [3.05, 3.63) is 88.6 Å². The van der Waals surface area contributed by atoms with E-state index in [0.29, 0.717) is 17.5 Å². The summed E-state index contributed by atoms with van der Waals surface area (Å²) in [5.41, 5.74) is 11.3. The number of aromatic nitrogens is 7. The van der Waals surface area contributed by atoms with Crippen LogP contribution < -0.4 is 37.2 Å². The van der Waals surface area contributed by atoms with E-state index in [9.17, 15) is 48.6 Å². The minimum Gasteiger partial charge on any atom is -0.790 e. The number of nitriles is 1. The van der Waals surface area contributed by atoms with Crippen molar-refractivity contribution in [2.75, 3.05) is 24.7 Å². The van der Waals surface area contributed by atoms with Crippen LogP contribution in [0.3, 0.4) is 0 Å². The fourth-order valence-electron chi connectivity index (χ4n) is 6.73. The van der Waals surface area contributed by atoms with Crippen LogP contribution >= 0.6 is 27.0 Å². The van der Waals surface area contributed by atoms with Gasteiger partial charge in [-0.25, -0.2) is 29.5 Å². The zero-order valence-corrected chi connectivity index (χ0v) is 36.0. The predicted molar refractivity (Wildman–Crippen MR) is 216 cm³/mol. The number of phosphoric ester groups is 2. The zero-order valence-electron chi connectivity index (χ0n) is 33.4. The number of aliphatic hydroxyl groups is 1. The number of benzene rings is 1. The number of esters is 1. The van der Waals surface area contributed by atoms with Gasteiger partial charge in [0.05, 0.1) is 56.5 Å². The molecule has 0 saturated carbocycles. The van der Waals surface area contributed by atoms with Crippen LogP contribution in [0.1, 0.15) is 52.8 Å². The molecule has 5 aromatic rings. The van der Waals surface area contributed by atoms with Crippen LogP contribution in [0.25, 0.3) is 21.6 Å². The molecule has 65 heavy (non-hydrogen) atoms. The molecule has 29 heteroatoms. The number of rotatable bonds is 18. The normalized spacial score (nSPS) is 22.9. The van der Waals surface area contributed by atoms with Gasteiger partial charge in [-0.15, -0.1) is 17.9 Å². The monoisotopic (exact) mass is 956 g/mol. The Morgan fingerprint density at radius 1 is 1.06 bits per heavy atom. The standard InChI is InChI=1S/C36H39N11O15P2S/c1-2-3-4-24(48)40-13-25-45-27(31(65-25)19-7-5-18(12-37)6-8-19)35(50)61-30-22(60-34(29(30)49)47-17-43-28-32(39)41-16-42-33(28)47)15-58-64(55,56)62-20-11-26(46-10-9-23(38)44-36(46)51)59-21(20)14-57-63(52,53)54/h2,5-10,16-17,20-22,26,29-30,34,49H,1,3-4,11,13-15H2,(H,40,48)(H,55,56)(H2,38,44,51)(H2,39,41,42)(H2,52,53,54)/p-3/t20?,21-,22-,26-,29+,30?,34-/m1/s1. The smallest absolute Gasteiger partial charge is 0.358 e. The third-order valence-corrected chi connectivity index (χ3v) is 12.3. The summed E-state index contributed by atoms with van der Waals surface area (Å²) >= 11 is 1.04. The third kappa shape index (κ3) is 11.2. The number of aliphatic hydroxyl groups excluding tert-OH is 1. The fourth-order valence-corrected chi connectivity index (χ4v) is 9.00. The lowest BCUT2D eigenvalue weighted by molar-refractivity contribution is -0.343. The fraction of sp³-hybridized carbons (Fsp3) is 0.361. The molecule has 26 nitrogen and oxygen atoms in total. The van der Waals surface area contributed by atoms with Crippen LogP contribution in [-0.2, 0) is 48.3 Å². The van der Waals surface area contributed by atoms with E-state index in [1.165, 1.54) is 35.3 Å². The Bertz CT molecular complexity index is 2780. The minimum absolute atomic E-state index is 0.0206. The molecule has 2 fully saturated rings. The van der Waals surface area contributed by atoms with Gasteiger partial charge in [0, 0.05) is 19.0 Å². The molecule has 344 valence electrons. The van der Waals surface area contributed by atoms with Crippen LogP contribution in [0, 0.1) is 11.3 Å². The number of nitrogens with one attached hydrogen (secondary N) is 1. The first kappa shape index (κ1) is 47.1. The zero-order chi connectivity index (χ0) is 46.6. The van der Waals surface area contributed by atoms with Gasteiger partial charge in [0.2, 0.25) is 5.91 Å². The number of nitrogen functional groups attached to an aromatic ring is 2. The van der Waals surface area contributed by atoms with E-state index in [1.54, 1.807) is 18.2 Å². The van der Waals surface area contributed by atoms with Gasteiger partial charge in [0.1, 0.15) is 47.2 Å². The number of hydrogen-bond acceptors (Lipinski definition) is 24. The Hall–Kier alpha value is -5.85. The number of nitrogens with zero attached hydrogens (tertiary/aromatic N) is 8. The predicted octanol–water partition coefficient (Wildman–Crippen LogP) is -0.688. The number of anilines is 2. The number of thiazole rings is 1. The lowest BCUT2D eigenvalue weighted by Crippen LogP contribution is -2.39. The largest absolute Gasteiger partial charge is 0.790 e. The number of carbonyl (C=O) groups excluding carboxylic acids is 2. The molecule has 0 bridgehead atoms. The molecule has 2 aliphatic rings. The summed E-state index contributed by atoms with van der Waals surface area (Å²) in [6.45, 7) is 1.51. The van der Waals surface area contributed by atoms with E-state index in [1.807, 2.05) is 6.07 Å². The Morgan fingerprint density at radius 2 is 1.82 bits per heavy atom. The number of fused-ring (bicyclic) bond motifs is 1. The van der Waals surface area contributed by atoms with Crippen molar-refractivity contribution in [2.24, 2.45) is 0 Å². The number of amides is 1. The second-order valence-corrected chi connectivity index (χ2v) is 17.7. The number of carbonyl (C=O) groups is 2. The molecule has 6 heterocycles. The number of allylic oxidation sites excluding steroid dienone is 1. The highest BCUT2D eigenvalue weighted by atomic mass is 32.1. The van der Waals surface area contributed by atoms with Crippen molar-refractivity contribution >= 4 is 61.7 Å². The average molecular weight is 957 g/mol. The lowest BCUT2D eigenvalue weighted by Gasteiger charge is -2.32. The first-order chi connectivity index (χ1) is 30.9. The Labute approximate surface area is 370 Å². The van der Waals surface area contributed by atoms with Crippen LogP contribution in [0.5, 0.6) is 0 Å². The van der Waals surface area contributed by atoms with Crippen molar-refractivity contribution < 1.29 is 66.3 Å². The number of ether oxygens (including phenoxy) is 3. The Balaban J connectivity index is 1.15. The number of imidazole rings is 1. The van der Waals surface area contributed by atoms with E-state index in [2.05, 4.69) is 41.3 Å². The second-order valence-electron chi connectivity index (χ2n) is 14.1. The summed E-state index contributed by atoms with van der Waals surface area (Å²) in [6.07, 6.45) is -5.88. The first-order valence-corrected chi connectivity index (χ1v) is 22.8. The van der Waals surface area contributed by atoms with Crippen molar-refractivity contribution in [1.29, 1.82) is 5.26 Å². The van der Waals surface area contributed by atoms with Crippen LogP contribution in [0.2, 0.25) is 0 Å². The third-order valence-electron chi connectivity index (χ3n) is 9.77. The van der Waals surface area contributed by atoms with Gasteiger partial charge in [-0.2, -0.15) is 10.2 Å². The molecule has 7 rings (SSSR count). The van der Waals surface area contributed by atoms with Crippen LogP contribution in [0.15, 0.2) is 66.6 Å². The highest BCUT2D eigenvalue weighted by Crippen LogP contribution is 2.47. The quantitative estimate of drug-likeness (QED) is 0.0480. The molecule has 3 unspecified atom stereocenters. The molecule has 4 aromatic heterocycles. The Kier molecular flexibility index (Phi) is 14.3. The van der Waals surface area contributed by atoms with Gasteiger partial charge >= 0.3 is 11.7 Å². The maximum Gasteiger partial charge on any atom is 0.358 e. The number of hydrogen-bond donors (Lipinski definition) is 4. The summed E-state index contributed by atoms with van der Waals surface area (Å²) in [6, 6.07) is 9.40. The van der Waals surface area contributed by atoms with Gasteiger partial charge in [0.15, 0.2) is 29.5 Å². The van der Waals surface area contributed by atoms with Crippen molar-refractivity contribution in [3.8, 4) is 16.5 Å². The molecular formula is C36H36N11O15P2S-3. The van der Waals surface area contributed by atoms with Gasteiger partial charge in [-0.05, 0) is 30.2 Å². The summed E-state index contributed by atoms with van der Waals surface area (Å²) in [4.78, 5) is 95.7. The average Bonchev–Trinajstić information content (AvgIpc) is 4.05. The van der Waals surface area contributed by atoms with Gasteiger partial charge in [-0.1, -0.05) is 18.2 Å². The maximum absolute atomic E-state index is 14.2. The van der Waals surface area contributed by atoms with Crippen LogP contribution in [0.4, 0.5) is 11.6 Å². The summed E-state index contributed by atoms with van der Waals surface area (Å²) in [5, 5.41) is 24.1. The molecule has 2 saturated heterocycles. The molecule has 0 aliphatic carbocycles. The topological polar surface area (TPSA) is 392 Å². The minimum atomic E-state index is -5.61. The van der Waals surface area contributed by atoms with Gasteiger partial charge in [-0.3, -0.25) is 18.5 Å². The van der Waals surface area contributed by atoms with Crippen molar-refractivity contribution in [1.82, 2.24) is 39.4 Å². The molecule has 6 N–H and O–H groups in total. The van der Waals surface area contributed by atoms with E-state index in [4.69, 9.17) is 34.7 Å². The second kappa shape index (κ2) is 19.7. The van der Waals surface area contributed by atoms with Gasteiger partial charge < -0.3 is 68.9 Å². The number of nitrogens with two attached hydrogens (primary N) is 2. The molecule has 1 aromatic carbocycles. The lowest BCUT2D eigenvalue weighted by atomic mass is 10.1. The molecule has 1 amide bonds. The Morgan fingerprint density at radius 3 is 2.52 bits per heavy atom. The highest BCUT2D eigenvalue weighted by molar-refractivity contribution is 7.45. The van der Waals surface area contributed by atoms with Crippen molar-refractivity contribution in [3.63, 3.8) is 0 Å². The SMILES string of the molecule is C=CCCC(=O)NCc1nc(C(=O)OC2[C@@H](COP(=O)([O-])OC3C[C@H](n4ccc(N)nc4=O)O[C@@H]3COP(=O)([O-])[O-])O[C@@H](n3cnc4c(N)ncnc43)[C@H]2O)c(-c2ccc(C#N)cc2)s1. The molecule has 0 spiro atoms. The highest BCUT2D eigenvalue weighted by Gasteiger charge is 2.49. The van der Waals surface area contributed by atoms with Crippen LogP contribution in [-0.4, -0.2) is 94.8 Å². The van der Waals surface area contributed by atoms with Crippen molar-refractivity contribution in [2.45, 2.75) is 68.8 Å². The molecule has 2 aliphatic heterocycles. The van der Waals surface area contributed by atoms with E-state index < -0.39 is 89.9 Å². The molecule has 8 atom stereocenters. The molecular weight excluding hydrogens is 920 g/mol. The van der Waals surface area contributed by atoms with E-state index >= 15 is 0 Å². The first-order valence-electron chi connectivity index (χ1n) is 19.1. The summed E-state index contributed by atoms with van der Waals surface area (Å²) in [5.74, 6) is -1.59. The summed E-state index contributed by atoms with van der Waals surface area (Å²) in [7, 11) is -11.1. The van der Waals surface area contributed by atoms with Gasteiger partial charge in [0.25, 0.3) is 7.82 Å². The summed E-state index contributed by atoms with van der Waals surface area (Å²) < 4.78 is 59.3. The van der Waals surface area contributed by atoms with E-state index in [-0.39, 0.29) is 57.3 Å². The number of phosphoric acid groups is 2. The molecule has 0 radical (unpaired) electrons. The van der Waals surface area contributed by atoms with E-state index in [0.717, 1.165) is 22.2 Å². The maximum atomic E-state index is 14.2.